The predicted molar refractivity (Wildman–Crippen MR) is 161 cm³/mol. The Kier molecular flexibility index (Phi) is 26.5. The summed E-state index contributed by atoms with van der Waals surface area (Å²) in [5.41, 5.74) is 0. The van der Waals surface area contributed by atoms with Crippen LogP contribution in [0.3, 0.4) is 0 Å². The first kappa shape index (κ1) is 38.9. The van der Waals surface area contributed by atoms with Crippen molar-refractivity contribution in [2.45, 2.75) is 128 Å². The van der Waals surface area contributed by atoms with Crippen LogP contribution < -0.4 is 0 Å². The summed E-state index contributed by atoms with van der Waals surface area (Å²) in [6, 6.07) is 0. The number of esters is 1. The minimum atomic E-state index is -0.580. The fourth-order valence-electron chi connectivity index (χ4n) is 4.90. The lowest BCUT2D eigenvalue weighted by atomic mass is 10.1. The molecule has 248 valence electrons. The second kappa shape index (κ2) is 28.6. The average molecular weight is 605 g/mol. The number of aliphatic hydroxyl groups is 3. The zero-order valence-corrected chi connectivity index (χ0v) is 26.1. The van der Waals surface area contributed by atoms with Crippen molar-refractivity contribution >= 4 is 5.97 Å². The maximum atomic E-state index is 12.1. The fraction of sp³-hybridized carbons (Fsp3) is 0.906. The van der Waals surface area contributed by atoms with Crippen molar-refractivity contribution in [2.75, 3.05) is 59.5 Å². The zero-order valence-electron chi connectivity index (χ0n) is 26.1. The van der Waals surface area contributed by atoms with E-state index in [2.05, 4.69) is 19.1 Å². The number of carbonyl (C=O) groups is 1. The van der Waals surface area contributed by atoms with Crippen LogP contribution in [0.2, 0.25) is 0 Å². The van der Waals surface area contributed by atoms with Crippen molar-refractivity contribution in [3.05, 3.63) is 12.2 Å². The topological polar surface area (TPSA) is 133 Å². The molecule has 1 heterocycles. The molecule has 4 atom stereocenters. The van der Waals surface area contributed by atoms with Crippen molar-refractivity contribution in [1.29, 1.82) is 0 Å². The van der Waals surface area contributed by atoms with Crippen LogP contribution in [0.1, 0.15) is 103 Å². The highest BCUT2D eigenvalue weighted by molar-refractivity contribution is 5.69. The molecule has 0 radical (unpaired) electrons. The number of ether oxygens (including phenoxy) is 6. The maximum Gasteiger partial charge on any atom is 0.305 e. The van der Waals surface area contributed by atoms with E-state index in [4.69, 9.17) is 38.6 Å². The van der Waals surface area contributed by atoms with Crippen LogP contribution in [-0.2, 0) is 33.2 Å². The molecule has 0 aromatic heterocycles. The van der Waals surface area contributed by atoms with Crippen LogP contribution in [0, 0.1) is 0 Å². The van der Waals surface area contributed by atoms with Gasteiger partial charge in [0.25, 0.3) is 0 Å². The summed E-state index contributed by atoms with van der Waals surface area (Å²) in [4.78, 5) is 12.1. The molecule has 1 rings (SSSR count). The standard InChI is InChI=1S/C32H60O10/c1-2-3-4-5-6-7-8-9-10-11-12-13-14-15-16-17-30(36)40-25-24-37-27-29(39-22-19-34)32-28(38-21-18-33)26-31(42-32)41-23-20-35/h9-10,28-29,31-35H,2-8,11-27H2,1H3/b10-9+/t28-,29+,31+,32-/m1/s1. The molecule has 0 aromatic carbocycles. The van der Waals surface area contributed by atoms with Gasteiger partial charge in [-0.2, -0.15) is 0 Å². The van der Waals surface area contributed by atoms with E-state index in [1.54, 1.807) is 0 Å². The third kappa shape index (κ3) is 20.7. The van der Waals surface area contributed by atoms with Gasteiger partial charge < -0.3 is 43.7 Å². The second-order valence-electron chi connectivity index (χ2n) is 10.8. The molecule has 0 bridgehead atoms. The van der Waals surface area contributed by atoms with Gasteiger partial charge in [-0.1, -0.05) is 70.4 Å². The summed E-state index contributed by atoms with van der Waals surface area (Å²) >= 11 is 0. The Labute approximate surface area is 254 Å². The maximum absolute atomic E-state index is 12.1. The van der Waals surface area contributed by atoms with Gasteiger partial charge in [0.15, 0.2) is 6.29 Å². The summed E-state index contributed by atoms with van der Waals surface area (Å²) in [6.45, 7) is 2.68. The highest BCUT2D eigenvalue weighted by atomic mass is 16.7. The average Bonchev–Trinajstić information content (AvgIpc) is 3.40. The molecule has 0 spiro atoms. The van der Waals surface area contributed by atoms with Crippen molar-refractivity contribution in [3.63, 3.8) is 0 Å². The summed E-state index contributed by atoms with van der Waals surface area (Å²) in [5, 5.41) is 27.4. The molecule has 1 aliphatic rings. The highest BCUT2D eigenvalue weighted by Gasteiger charge is 2.42. The van der Waals surface area contributed by atoms with Gasteiger partial charge in [0.05, 0.1) is 59.0 Å². The minimum Gasteiger partial charge on any atom is -0.463 e. The smallest absolute Gasteiger partial charge is 0.305 e. The Morgan fingerprint density at radius 1 is 0.786 bits per heavy atom. The van der Waals surface area contributed by atoms with Crippen LogP contribution in [0.4, 0.5) is 0 Å². The summed E-state index contributed by atoms with van der Waals surface area (Å²) in [6.07, 6.45) is 19.2. The van der Waals surface area contributed by atoms with Crippen LogP contribution in [0.15, 0.2) is 12.2 Å². The van der Waals surface area contributed by atoms with E-state index >= 15 is 0 Å². The molecule has 3 N–H and O–H groups in total. The zero-order chi connectivity index (χ0) is 30.5. The minimum absolute atomic E-state index is 0.0910. The number of rotatable bonds is 30. The first-order chi connectivity index (χ1) is 20.7. The molecular weight excluding hydrogens is 544 g/mol. The van der Waals surface area contributed by atoms with Gasteiger partial charge in [0.2, 0.25) is 0 Å². The van der Waals surface area contributed by atoms with E-state index in [9.17, 15) is 9.90 Å². The van der Waals surface area contributed by atoms with Gasteiger partial charge in [-0.3, -0.25) is 4.79 Å². The molecule has 1 fully saturated rings. The molecule has 42 heavy (non-hydrogen) atoms. The van der Waals surface area contributed by atoms with Crippen LogP contribution in [0.25, 0.3) is 0 Å². The van der Waals surface area contributed by atoms with E-state index < -0.39 is 24.6 Å². The Balaban J connectivity index is 2.13. The van der Waals surface area contributed by atoms with Crippen molar-refractivity contribution in [3.8, 4) is 0 Å². The first-order valence-electron chi connectivity index (χ1n) is 16.4. The normalized spacial score (nSPS) is 19.6. The van der Waals surface area contributed by atoms with Gasteiger partial charge in [0, 0.05) is 12.8 Å². The Bertz CT molecular complexity index is 632. The van der Waals surface area contributed by atoms with Gasteiger partial charge in [-0.05, 0) is 32.1 Å². The number of aliphatic hydroxyl groups excluding tert-OH is 3. The van der Waals surface area contributed by atoms with E-state index in [0.717, 1.165) is 25.7 Å². The number of carbonyl (C=O) groups excluding carboxylic acids is 1. The Hall–Kier alpha value is -1.11. The Morgan fingerprint density at radius 2 is 1.40 bits per heavy atom. The molecule has 0 saturated carbocycles. The summed E-state index contributed by atoms with van der Waals surface area (Å²) < 4.78 is 33.9. The van der Waals surface area contributed by atoms with Crippen LogP contribution >= 0.6 is 0 Å². The fourth-order valence-corrected chi connectivity index (χ4v) is 4.90. The van der Waals surface area contributed by atoms with E-state index in [-0.39, 0.29) is 65.4 Å². The third-order valence-corrected chi connectivity index (χ3v) is 7.12. The number of hydrogen-bond donors (Lipinski definition) is 3. The van der Waals surface area contributed by atoms with Gasteiger partial charge in [-0.25, -0.2) is 0 Å². The quantitative estimate of drug-likeness (QED) is 0.0613. The molecule has 0 aliphatic carbocycles. The summed E-state index contributed by atoms with van der Waals surface area (Å²) in [5.74, 6) is -0.218. The molecule has 0 amide bonds. The molecule has 10 heteroatoms. The largest absolute Gasteiger partial charge is 0.463 e. The lowest BCUT2D eigenvalue weighted by Crippen LogP contribution is -2.42. The van der Waals surface area contributed by atoms with Crippen LogP contribution in [0.5, 0.6) is 0 Å². The number of unbranched alkanes of at least 4 members (excludes halogenated alkanes) is 11. The molecule has 1 aliphatic heterocycles. The summed E-state index contributed by atoms with van der Waals surface area (Å²) in [7, 11) is 0. The monoisotopic (exact) mass is 604 g/mol. The molecule has 0 aromatic rings. The van der Waals surface area contributed by atoms with Gasteiger partial charge in [-0.15, -0.1) is 0 Å². The Morgan fingerprint density at radius 3 is 2.07 bits per heavy atom. The third-order valence-electron chi connectivity index (χ3n) is 7.12. The highest BCUT2D eigenvalue weighted by Crippen LogP contribution is 2.28. The molecule has 10 nitrogen and oxygen atoms in total. The lowest BCUT2D eigenvalue weighted by Gasteiger charge is -2.27. The molecule has 1 saturated heterocycles. The van der Waals surface area contributed by atoms with Gasteiger partial charge in [0.1, 0.15) is 18.8 Å². The second-order valence-corrected chi connectivity index (χ2v) is 10.8. The van der Waals surface area contributed by atoms with Gasteiger partial charge >= 0.3 is 5.97 Å². The van der Waals surface area contributed by atoms with E-state index in [1.165, 1.54) is 57.8 Å². The lowest BCUT2D eigenvalue weighted by molar-refractivity contribution is -0.183. The van der Waals surface area contributed by atoms with Crippen molar-refractivity contribution in [1.82, 2.24) is 0 Å². The number of allylic oxidation sites excluding steroid dienone is 2. The first-order valence-corrected chi connectivity index (χ1v) is 16.4. The van der Waals surface area contributed by atoms with Crippen molar-refractivity contribution in [2.24, 2.45) is 0 Å². The van der Waals surface area contributed by atoms with Crippen LogP contribution in [-0.4, -0.2) is 105 Å². The SMILES string of the molecule is CCCCCCCC/C=C/CCCCCCCC(=O)OCCOC[C@H](OCCO)[C@@H]1O[C@H](OCCO)C[C@H]1OCCO. The van der Waals surface area contributed by atoms with E-state index in [0.29, 0.717) is 12.8 Å². The predicted octanol–water partition coefficient (Wildman–Crippen LogP) is 4.46. The van der Waals surface area contributed by atoms with Crippen molar-refractivity contribution < 1.29 is 48.5 Å². The molecule has 0 unspecified atom stereocenters. The molecular formula is C32H60O10. The van der Waals surface area contributed by atoms with E-state index in [1.807, 2.05) is 0 Å². The number of hydrogen-bond acceptors (Lipinski definition) is 10.